The summed E-state index contributed by atoms with van der Waals surface area (Å²) in [6, 6.07) is 17.0. The summed E-state index contributed by atoms with van der Waals surface area (Å²) in [5.41, 5.74) is 1.53. The Hall–Kier alpha value is -3.88. The molecule has 1 atom stereocenters. The largest absolute Gasteiger partial charge is 0.494 e. The first-order valence-corrected chi connectivity index (χ1v) is 17.2. The van der Waals surface area contributed by atoms with Gasteiger partial charge in [0, 0.05) is 0 Å². The van der Waals surface area contributed by atoms with Crippen molar-refractivity contribution in [2.75, 3.05) is 6.61 Å². The van der Waals surface area contributed by atoms with Crippen LogP contribution in [0.15, 0.2) is 66.7 Å². The van der Waals surface area contributed by atoms with E-state index in [0.29, 0.717) is 19.1 Å². The third-order valence-corrected chi connectivity index (χ3v) is 8.13. The molecule has 0 amide bonds. The van der Waals surface area contributed by atoms with E-state index in [-0.39, 0.29) is 18.4 Å². The molecule has 0 aliphatic rings. The van der Waals surface area contributed by atoms with Crippen LogP contribution < -0.4 is 9.47 Å². The molecule has 0 aliphatic carbocycles. The highest BCUT2D eigenvalue weighted by Crippen LogP contribution is 2.29. The summed E-state index contributed by atoms with van der Waals surface area (Å²) in [4.78, 5) is 25.1. The van der Waals surface area contributed by atoms with Crippen molar-refractivity contribution < 1.29 is 41.4 Å². The second-order valence-corrected chi connectivity index (χ2v) is 12.1. The Labute approximate surface area is 282 Å². The zero-order chi connectivity index (χ0) is 34.8. The SMILES string of the molecule is CCCCCCCCCCOc1ccc(-c2ccc(C(=O)Oc3ccc(C(=O)OC(CCCCCCC)C(F)(F)F)cc3F)cc2)cc1. The van der Waals surface area contributed by atoms with Gasteiger partial charge < -0.3 is 14.2 Å². The van der Waals surface area contributed by atoms with E-state index < -0.39 is 41.3 Å². The molecule has 3 aromatic rings. The second kappa shape index (κ2) is 20.5. The number of carbonyl (C=O) groups is 2. The Morgan fingerprint density at radius 2 is 1.17 bits per heavy atom. The lowest BCUT2D eigenvalue weighted by Gasteiger charge is -2.20. The number of hydrogen-bond donors (Lipinski definition) is 0. The predicted molar refractivity (Wildman–Crippen MR) is 180 cm³/mol. The highest BCUT2D eigenvalue weighted by atomic mass is 19.4. The molecular formula is C39H48F4O5. The minimum absolute atomic E-state index is 0.166. The van der Waals surface area contributed by atoms with Gasteiger partial charge in [0.1, 0.15) is 5.75 Å². The van der Waals surface area contributed by atoms with Crippen molar-refractivity contribution in [3.63, 3.8) is 0 Å². The Kier molecular flexibility index (Phi) is 16.5. The van der Waals surface area contributed by atoms with Crippen molar-refractivity contribution in [1.82, 2.24) is 0 Å². The molecular weight excluding hydrogens is 624 g/mol. The van der Waals surface area contributed by atoms with Gasteiger partial charge in [-0.1, -0.05) is 109 Å². The van der Waals surface area contributed by atoms with E-state index in [1.54, 1.807) is 24.3 Å². The van der Waals surface area contributed by atoms with Crippen LogP contribution in [0.2, 0.25) is 0 Å². The predicted octanol–water partition coefficient (Wildman–Crippen LogP) is 11.7. The number of halogens is 4. The van der Waals surface area contributed by atoms with Crippen LogP contribution in [-0.4, -0.2) is 30.8 Å². The smallest absolute Gasteiger partial charge is 0.425 e. The van der Waals surface area contributed by atoms with E-state index in [2.05, 4.69) is 6.92 Å². The Balaban J connectivity index is 1.48. The first kappa shape index (κ1) is 38.6. The molecule has 0 radical (unpaired) electrons. The summed E-state index contributed by atoms with van der Waals surface area (Å²) in [6.45, 7) is 4.90. The fourth-order valence-corrected chi connectivity index (χ4v) is 5.26. The van der Waals surface area contributed by atoms with Crippen molar-refractivity contribution in [2.24, 2.45) is 0 Å². The van der Waals surface area contributed by atoms with E-state index >= 15 is 0 Å². The van der Waals surface area contributed by atoms with Gasteiger partial charge in [-0.3, -0.25) is 0 Å². The summed E-state index contributed by atoms with van der Waals surface area (Å²) < 4.78 is 70.9. The third-order valence-electron chi connectivity index (χ3n) is 8.13. The second-order valence-electron chi connectivity index (χ2n) is 12.1. The molecule has 0 aliphatic heterocycles. The average Bonchev–Trinajstić information content (AvgIpc) is 3.07. The summed E-state index contributed by atoms with van der Waals surface area (Å²) in [7, 11) is 0. The van der Waals surface area contributed by atoms with Crippen LogP contribution in [0.5, 0.6) is 11.5 Å². The quantitative estimate of drug-likeness (QED) is 0.0488. The van der Waals surface area contributed by atoms with E-state index in [4.69, 9.17) is 14.2 Å². The summed E-state index contributed by atoms with van der Waals surface area (Å²) >= 11 is 0. The molecule has 9 heteroatoms. The minimum Gasteiger partial charge on any atom is -0.494 e. The number of alkyl halides is 3. The molecule has 0 heterocycles. The zero-order valence-electron chi connectivity index (χ0n) is 28.1. The third kappa shape index (κ3) is 13.3. The molecule has 0 saturated heterocycles. The lowest BCUT2D eigenvalue weighted by Crippen LogP contribution is -2.33. The Bertz CT molecular complexity index is 1390. The van der Waals surface area contributed by atoms with Crippen LogP contribution in [0, 0.1) is 5.82 Å². The van der Waals surface area contributed by atoms with Gasteiger partial charge in [0.15, 0.2) is 17.7 Å². The standard InChI is InChI=1S/C39H48F4O5/c1-3-5-7-9-10-11-13-15-27-46-33-24-21-30(22-25-33)29-17-19-31(20-18-29)37(44)47-35-26-23-32(28-34(35)40)38(45)48-36(39(41,42)43)16-14-12-8-6-4-2/h17-26,28,36H,3-16,27H2,1-2H3. The fraction of sp³-hybridized carbons (Fsp3) is 0.487. The van der Waals surface area contributed by atoms with Crippen LogP contribution in [0.25, 0.3) is 11.1 Å². The Morgan fingerprint density at radius 3 is 1.73 bits per heavy atom. The van der Waals surface area contributed by atoms with Gasteiger partial charge in [0.05, 0.1) is 17.7 Å². The van der Waals surface area contributed by atoms with E-state index in [0.717, 1.165) is 61.1 Å². The highest BCUT2D eigenvalue weighted by molar-refractivity contribution is 5.92. The molecule has 262 valence electrons. The molecule has 5 nitrogen and oxygen atoms in total. The molecule has 3 aromatic carbocycles. The van der Waals surface area contributed by atoms with Gasteiger partial charge in [-0.15, -0.1) is 0 Å². The first-order valence-electron chi connectivity index (χ1n) is 17.2. The van der Waals surface area contributed by atoms with E-state index in [1.807, 2.05) is 31.2 Å². The van der Waals surface area contributed by atoms with E-state index in [9.17, 15) is 27.2 Å². The van der Waals surface area contributed by atoms with Crippen molar-refractivity contribution in [1.29, 1.82) is 0 Å². The minimum atomic E-state index is -4.74. The van der Waals surface area contributed by atoms with Crippen LogP contribution >= 0.6 is 0 Å². The topological polar surface area (TPSA) is 61.8 Å². The number of ether oxygens (including phenoxy) is 3. The number of unbranched alkanes of at least 4 members (excludes halogenated alkanes) is 11. The number of esters is 2. The molecule has 0 aromatic heterocycles. The number of carbonyl (C=O) groups excluding carboxylic acids is 2. The highest BCUT2D eigenvalue weighted by Gasteiger charge is 2.42. The van der Waals surface area contributed by atoms with Gasteiger partial charge in [0.25, 0.3) is 0 Å². The molecule has 0 fully saturated rings. The van der Waals surface area contributed by atoms with Crippen molar-refractivity contribution in [3.8, 4) is 22.6 Å². The molecule has 0 N–H and O–H groups in total. The summed E-state index contributed by atoms with van der Waals surface area (Å²) in [6.07, 6.45) is 6.03. The summed E-state index contributed by atoms with van der Waals surface area (Å²) in [5.74, 6) is -2.89. The lowest BCUT2D eigenvalue weighted by molar-refractivity contribution is -0.206. The van der Waals surface area contributed by atoms with Gasteiger partial charge in [-0.05, 0) is 72.9 Å². The van der Waals surface area contributed by atoms with Gasteiger partial charge in [-0.25, -0.2) is 14.0 Å². The maximum Gasteiger partial charge on any atom is 0.425 e. The number of hydrogen-bond acceptors (Lipinski definition) is 5. The van der Waals surface area contributed by atoms with Crippen molar-refractivity contribution in [2.45, 2.75) is 116 Å². The normalized spacial score (nSPS) is 12.0. The van der Waals surface area contributed by atoms with Crippen molar-refractivity contribution in [3.05, 3.63) is 83.7 Å². The lowest BCUT2D eigenvalue weighted by atomic mass is 10.0. The maximum atomic E-state index is 14.8. The number of rotatable bonds is 21. The fourth-order valence-electron chi connectivity index (χ4n) is 5.26. The molecule has 1 unspecified atom stereocenters. The zero-order valence-corrected chi connectivity index (χ0v) is 28.1. The summed E-state index contributed by atoms with van der Waals surface area (Å²) in [5, 5.41) is 0. The van der Waals surface area contributed by atoms with Crippen molar-refractivity contribution >= 4 is 11.9 Å². The first-order chi connectivity index (χ1) is 23.1. The molecule has 0 spiro atoms. The monoisotopic (exact) mass is 672 g/mol. The van der Waals surface area contributed by atoms with Gasteiger partial charge >= 0.3 is 18.1 Å². The average molecular weight is 673 g/mol. The van der Waals surface area contributed by atoms with Crippen LogP contribution in [0.3, 0.4) is 0 Å². The van der Waals surface area contributed by atoms with E-state index in [1.165, 1.54) is 38.5 Å². The van der Waals surface area contributed by atoms with Gasteiger partial charge in [-0.2, -0.15) is 13.2 Å². The van der Waals surface area contributed by atoms with Crippen LogP contribution in [-0.2, 0) is 4.74 Å². The number of benzene rings is 3. The maximum absolute atomic E-state index is 14.8. The Morgan fingerprint density at radius 1 is 0.646 bits per heavy atom. The van der Waals surface area contributed by atoms with Crippen LogP contribution in [0.4, 0.5) is 17.6 Å². The molecule has 3 rings (SSSR count). The molecule has 48 heavy (non-hydrogen) atoms. The van der Waals surface area contributed by atoms with Gasteiger partial charge in [0.2, 0.25) is 0 Å². The molecule has 0 bridgehead atoms. The van der Waals surface area contributed by atoms with Crippen LogP contribution in [0.1, 0.15) is 124 Å². The molecule has 0 saturated carbocycles.